The Morgan fingerprint density at radius 1 is 1.15 bits per heavy atom. The van der Waals surface area contributed by atoms with Gasteiger partial charge in [-0.15, -0.1) is 0 Å². The normalized spacial score (nSPS) is 11.5. The maximum atomic E-state index is 13.2. The SMILES string of the molecule is CCN(CC)CCN(C(=O)c1ccn(C)n1)c1nc2c(C)c(C)ccc2s1. The van der Waals surface area contributed by atoms with Crippen molar-refractivity contribution in [1.82, 2.24) is 19.7 Å². The lowest BCUT2D eigenvalue weighted by Crippen LogP contribution is -2.39. The van der Waals surface area contributed by atoms with Crippen LogP contribution >= 0.6 is 11.3 Å². The number of aromatic nitrogens is 3. The van der Waals surface area contributed by atoms with Gasteiger partial charge in [0, 0.05) is 26.3 Å². The number of carbonyl (C=O) groups is 1. The lowest BCUT2D eigenvalue weighted by molar-refractivity contribution is 0.0978. The minimum absolute atomic E-state index is 0.101. The van der Waals surface area contributed by atoms with Gasteiger partial charge < -0.3 is 4.90 Å². The topological polar surface area (TPSA) is 54.3 Å². The molecule has 1 amide bonds. The van der Waals surface area contributed by atoms with Gasteiger partial charge in [-0.25, -0.2) is 4.98 Å². The highest BCUT2D eigenvalue weighted by Crippen LogP contribution is 2.32. The summed E-state index contributed by atoms with van der Waals surface area (Å²) in [6.45, 7) is 11.8. The van der Waals surface area contributed by atoms with Crippen molar-refractivity contribution in [3.63, 3.8) is 0 Å². The van der Waals surface area contributed by atoms with Crippen molar-refractivity contribution in [3.05, 3.63) is 41.2 Å². The van der Waals surface area contributed by atoms with Crippen LogP contribution in [-0.2, 0) is 7.05 Å². The van der Waals surface area contributed by atoms with Crippen LogP contribution in [0.1, 0.15) is 35.5 Å². The Kier molecular flexibility index (Phi) is 5.92. The van der Waals surface area contributed by atoms with Crippen molar-refractivity contribution in [3.8, 4) is 0 Å². The van der Waals surface area contributed by atoms with Crippen LogP contribution in [0.5, 0.6) is 0 Å². The number of rotatable bonds is 7. The third-order valence-corrected chi connectivity index (χ3v) is 6.06. The molecule has 0 saturated carbocycles. The third kappa shape index (κ3) is 4.04. The first-order valence-corrected chi connectivity index (χ1v) is 10.2. The molecule has 0 radical (unpaired) electrons. The van der Waals surface area contributed by atoms with Gasteiger partial charge in [0.15, 0.2) is 10.8 Å². The maximum absolute atomic E-state index is 13.2. The predicted molar refractivity (Wildman–Crippen MR) is 112 cm³/mol. The van der Waals surface area contributed by atoms with Gasteiger partial charge in [0.25, 0.3) is 5.91 Å². The summed E-state index contributed by atoms with van der Waals surface area (Å²) in [6.07, 6.45) is 1.79. The van der Waals surface area contributed by atoms with Gasteiger partial charge in [0.1, 0.15) is 0 Å². The van der Waals surface area contributed by atoms with Crippen LogP contribution in [0.25, 0.3) is 10.2 Å². The van der Waals surface area contributed by atoms with Crippen molar-refractivity contribution >= 4 is 32.6 Å². The molecule has 0 bridgehead atoms. The van der Waals surface area contributed by atoms with Crippen LogP contribution < -0.4 is 4.90 Å². The lowest BCUT2D eigenvalue weighted by Gasteiger charge is -2.24. The van der Waals surface area contributed by atoms with Crippen LogP contribution in [0.15, 0.2) is 24.4 Å². The van der Waals surface area contributed by atoms with Gasteiger partial charge in [-0.05, 0) is 50.2 Å². The molecule has 0 spiro atoms. The quantitative estimate of drug-likeness (QED) is 0.623. The number of nitrogens with zero attached hydrogens (tertiary/aromatic N) is 5. The number of thiazole rings is 1. The van der Waals surface area contributed by atoms with Gasteiger partial charge in [0.05, 0.1) is 10.2 Å². The van der Waals surface area contributed by atoms with E-state index in [1.807, 2.05) is 7.05 Å². The van der Waals surface area contributed by atoms with Crippen molar-refractivity contribution in [1.29, 1.82) is 0 Å². The maximum Gasteiger partial charge on any atom is 0.280 e. The molecule has 3 aromatic rings. The molecular weight excluding hydrogens is 358 g/mol. The van der Waals surface area contributed by atoms with E-state index >= 15 is 0 Å². The van der Waals surface area contributed by atoms with E-state index in [0.717, 1.165) is 35.0 Å². The molecule has 3 rings (SSSR count). The number of likely N-dealkylation sites (N-methyl/N-ethyl adjacent to an activating group) is 1. The number of carbonyl (C=O) groups excluding carboxylic acids is 1. The van der Waals surface area contributed by atoms with Gasteiger partial charge in [-0.1, -0.05) is 31.3 Å². The molecule has 0 fully saturated rings. The second-order valence-corrected chi connectivity index (χ2v) is 7.72. The van der Waals surface area contributed by atoms with Crippen molar-refractivity contribution < 1.29 is 4.79 Å². The molecule has 0 atom stereocenters. The summed E-state index contributed by atoms with van der Waals surface area (Å²) >= 11 is 1.57. The van der Waals surface area contributed by atoms with Gasteiger partial charge in [-0.3, -0.25) is 14.4 Å². The van der Waals surface area contributed by atoms with Crippen LogP contribution in [0.4, 0.5) is 5.13 Å². The minimum Gasteiger partial charge on any atom is -0.302 e. The Labute approximate surface area is 164 Å². The standard InChI is InChI=1S/C20H27N5OS/c1-6-24(7-2)12-13-25(19(26)16-10-11-23(5)22-16)20-21-18-15(4)14(3)8-9-17(18)27-20/h8-11H,6-7,12-13H2,1-5H3. The van der Waals surface area contributed by atoms with Gasteiger partial charge >= 0.3 is 0 Å². The Bertz CT molecular complexity index is 941. The molecule has 0 unspecified atom stereocenters. The molecule has 1 aromatic carbocycles. The Morgan fingerprint density at radius 2 is 1.89 bits per heavy atom. The number of aryl methyl sites for hydroxylation is 3. The Balaban J connectivity index is 1.98. The van der Waals surface area contributed by atoms with E-state index in [1.54, 1.807) is 33.2 Å². The summed E-state index contributed by atoms with van der Waals surface area (Å²) in [7, 11) is 1.82. The summed E-state index contributed by atoms with van der Waals surface area (Å²) in [4.78, 5) is 22.1. The largest absolute Gasteiger partial charge is 0.302 e. The van der Waals surface area contributed by atoms with E-state index in [4.69, 9.17) is 4.98 Å². The Morgan fingerprint density at radius 3 is 2.52 bits per heavy atom. The summed E-state index contributed by atoms with van der Waals surface area (Å²) in [6, 6.07) is 5.96. The zero-order chi connectivity index (χ0) is 19.6. The van der Waals surface area contributed by atoms with Crippen LogP contribution in [0, 0.1) is 13.8 Å². The summed E-state index contributed by atoms with van der Waals surface area (Å²) in [5.74, 6) is -0.101. The average molecular weight is 386 g/mol. The van der Waals surface area contributed by atoms with E-state index in [-0.39, 0.29) is 5.91 Å². The fraction of sp³-hybridized carbons (Fsp3) is 0.450. The first-order chi connectivity index (χ1) is 12.9. The van der Waals surface area contributed by atoms with Crippen molar-refractivity contribution in [2.24, 2.45) is 7.05 Å². The van der Waals surface area contributed by atoms with Crippen molar-refractivity contribution in [2.45, 2.75) is 27.7 Å². The predicted octanol–water partition coefficient (Wildman–Crippen LogP) is 3.64. The van der Waals surface area contributed by atoms with Gasteiger partial charge in [-0.2, -0.15) is 5.10 Å². The second kappa shape index (κ2) is 8.19. The molecule has 27 heavy (non-hydrogen) atoms. The average Bonchev–Trinajstić information content (AvgIpc) is 3.28. The van der Waals surface area contributed by atoms with E-state index in [9.17, 15) is 4.79 Å². The first kappa shape index (κ1) is 19.5. The van der Waals surface area contributed by atoms with Gasteiger partial charge in [0.2, 0.25) is 0 Å². The fourth-order valence-corrected chi connectivity index (χ4v) is 4.11. The smallest absolute Gasteiger partial charge is 0.280 e. The molecular formula is C20H27N5OS. The molecule has 2 heterocycles. The summed E-state index contributed by atoms with van der Waals surface area (Å²) in [5.41, 5.74) is 3.81. The van der Waals surface area contributed by atoms with Crippen molar-refractivity contribution in [2.75, 3.05) is 31.1 Å². The lowest BCUT2D eigenvalue weighted by atomic mass is 10.1. The number of anilines is 1. The molecule has 0 aliphatic rings. The molecule has 0 aliphatic carbocycles. The third-order valence-electron chi connectivity index (χ3n) is 5.02. The van der Waals surface area contributed by atoms with Crippen LogP contribution in [-0.4, -0.2) is 51.8 Å². The highest BCUT2D eigenvalue weighted by molar-refractivity contribution is 7.22. The monoisotopic (exact) mass is 385 g/mol. The molecule has 0 N–H and O–H groups in total. The fourth-order valence-electron chi connectivity index (χ4n) is 3.06. The zero-order valence-electron chi connectivity index (χ0n) is 16.7. The molecule has 144 valence electrons. The number of fused-ring (bicyclic) bond motifs is 1. The number of hydrogen-bond donors (Lipinski definition) is 0. The molecule has 6 nitrogen and oxygen atoms in total. The van der Waals surface area contributed by atoms with Crippen LogP contribution in [0.2, 0.25) is 0 Å². The number of hydrogen-bond acceptors (Lipinski definition) is 5. The first-order valence-electron chi connectivity index (χ1n) is 9.35. The molecule has 7 heteroatoms. The van der Waals surface area contributed by atoms with Crippen LogP contribution in [0.3, 0.4) is 0 Å². The number of benzene rings is 1. The Hall–Kier alpha value is -2.25. The summed E-state index contributed by atoms with van der Waals surface area (Å²) < 4.78 is 2.76. The zero-order valence-corrected chi connectivity index (χ0v) is 17.5. The minimum atomic E-state index is -0.101. The van der Waals surface area contributed by atoms with E-state index in [1.165, 1.54) is 11.1 Å². The van der Waals surface area contributed by atoms with E-state index < -0.39 is 0 Å². The number of amides is 1. The second-order valence-electron chi connectivity index (χ2n) is 6.71. The highest BCUT2D eigenvalue weighted by Gasteiger charge is 2.24. The summed E-state index contributed by atoms with van der Waals surface area (Å²) in [5, 5.41) is 5.04. The van der Waals surface area contributed by atoms with E-state index in [2.05, 4.69) is 49.8 Å². The van der Waals surface area contributed by atoms with E-state index in [0.29, 0.717) is 12.2 Å². The molecule has 2 aromatic heterocycles. The highest BCUT2D eigenvalue weighted by atomic mass is 32.1. The molecule has 0 saturated heterocycles. The molecule has 0 aliphatic heterocycles.